The summed E-state index contributed by atoms with van der Waals surface area (Å²) in [7, 11) is 0. The van der Waals surface area contributed by atoms with E-state index in [1.165, 1.54) is 12.8 Å². The molecule has 0 amide bonds. The van der Waals surface area contributed by atoms with Gasteiger partial charge in [-0.05, 0) is 79.6 Å². The van der Waals surface area contributed by atoms with Crippen LogP contribution in [0.25, 0.3) is 0 Å². The SMILES string of the molecule is CC1(CN)CC2CC1C1C3CCC(C3)C21. The Kier molecular flexibility index (Phi) is 1.57. The van der Waals surface area contributed by atoms with Crippen molar-refractivity contribution in [3.05, 3.63) is 0 Å². The molecule has 4 fully saturated rings. The van der Waals surface area contributed by atoms with E-state index in [2.05, 4.69) is 6.92 Å². The Balaban J connectivity index is 1.71. The van der Waals surface area contributed by atoms with E-state index in [1.54, 1.807) is 19.3 Å². The van der Waals surface area contributed by atoms with Gasteiger partial charge in [-0.3, -0.25) is 0 Å². The van der Waals surface area contributed by atoms with Crippen molar-refractivity contribution in [1.82, 2.24) is 0 Å². The normalized spacial score (nSPS) is 65.2. The zero-order valence-corrected chi connectivity index (χ0v) is 9.78. The Morgan fingerprint density at radius 1 is 1.07 bits per heavy atom. The monoisotopic (exact) mass is 205 g/mol. The third kappa shape index (κ3) is 0.906. The van der Waals surface area contributed by atoms with Crippen molar-refractivity contribution in [2.75, 3.05) is 6.54 Å². The van der Waals surface area contributed by atoms with Gasteiger partial charge >= 0.3 is 0 Å². The van der Waals surface area contributed by atoms with E-state index in [4.69, 9.17) is 5.73 Å². The average Bonchev–Trinajstić information content (AvgIpc) is 2.93. The van der Waals surface area contributed by atoms with Gasteiger partial charge in [0.2, 0.25) is 0 Å². The topological polar surface area (TPSA) is 26.0 Å². The molecule has 1 nitrogen and oxygen atoms in total. The third-order valence-corrected chi connectivity index (χ3v) is 6.70. The van der Waals surface area contributed by atoms with Gasteiger partial charge in [-0.15, -0.1) is 0 Å². The minimum Gasteiger partial charge on any atom is -0.330 e. The molecule has 4 rings (SSSR count). The smallest absolute Gasteiger partial charge is 0.00203 e. The lowest BCUT2D eigenvalue weighted by Gasteiger charge is -2.44. The molecule has 4 aliphatic rings. The van der Waals surface area contributed by atoms with Crippen LogP contribution in [0.1, 0.15) is 39.0 Å². The first-order chi connectivity index (χ1) is 7.23. The van der Waals surface area contributed by atoms with Crippen molar-refractivity contribution in [1.29, 1.82) is 0 Å². The number of rotatable bonds is 1. The molecule has 0 heterocycles. The first-order valence-corrected chi connectivity index (χ1v) is 6.93. The van der Waals surface area contributed by atoms with E-state index in [-0.39, 0.29) is 0 Å². The van der Waals surface area contributed by atoms with Crippen molar-refractivity contribution in [2.24, 2.45) is 46.7 Å². The zero-order valence-electron chi connectivity index (χ0n) is 9.78. The quantitative estimate of drug-likeness (QED) is 0.654. The van der Waals surface area contributed by atoms with E-state index in [0.717, 1.165) is 42.1 Å². The highest BCUT2D eigenvalue weighted by Gasteiger charge is 2.64. The van der Waals surface area contributed by atoms with Gasteiger partial charge in [0.25, 0.3) is 0 Å². The number of nitrogens with two attached hydrogens (primary N) is 1. The molecule has 0 aliphatic heterocycles. The van der Waals surface area contributed by atoms with Crippen LogP contribution in [0, 0.1) is 40.9 Å². The summed E-state index contributed by atoms with van der Waals surface area (Å²) in [5.41, 5.74) is 6.56. The van der Waals surface area contributed by atoms with Gasteiger partial charge < -0.3 is 5.73 Å². The van der Waals surface area contributed by atoms with Crippen LogP contribution in [0.4, 0.5) is 0 Å². The molecule has 0 aromatic heterocycles. The molecule has 4 bridgehead atoms. The molecule has 15 heavy (non-hydrogen) atoms. The Bertz CT molecular complexity index is 300. The molecule has 7 atom stereocenters. The summed E-state index contributed by atoms with van der Waals surface area (Å²) >= 11 is 0. The standard InChI is InChI=1S/C14H23N/c1-14(7-15)6-10-5-11(14)13-9-3-2-8(4-9)12(10)13/h8-13H,2-7,15H2,1H3. The van der Waals surface area contributed by atoms with Gasteiger partial charge in [0.1, 0.15) is 0 Å². The lowest BCUT2D eigenvalue weighted by molar-refractivity contribution is 0.0518. The van der Waals surface area contributed by atoms with Crippen LogP contribution in [-0.4, -0.2) is 6.54 Å². The molecule has 4 aliphatic carbocycles. The summed E-state index contributed by atoms with van der Waals surface area (Å²) < 4.78 is 0. The van der Waals surface area contributed by atoms with Crippen molar-refractivity contribution >= 4 is 0 Å². The molecule has 4 saturated carbocycles. The second-order valence-electron chi connectivity index (χ2n) is 7.15. The molecule has 7 unspecified atom stereocenters. The lowest BCUT2D eigenvalue weighted by atomic mass is 9.61. The first-order valence-electron chi connectivity index (χ1n) is 6.93. The second kappa shape index (κ2) is 2.61. The number of hydrogen-bond acceptors (Lipinski definition) is 1. The summed E-state index contributed by atoms with van der Waals surface area (Å²) in [5.74, 6) is 6.58. The largest absolute Gasteiger partial charge is 0.330 e. The molecule has 0 radical (unpaired) electrons. The fourth-order valence-corrected chi connectivity index (χ4v) is 6.27. The van der Waals surface area contributed by atoms with E-state index in [0.29, 0.717) is 5.41 Å². The van der Waals surface area contributed by atoms with Crippen LogP contribution >= 0.6 is 0 Å². The zero-order chi connectivity index (χ0) is 10.2. The molecule has 0 aromatic rings. The minimum atomic E-state index is 0.524. The maximum Gasteiger partial charge on any atom is -0.00203 e. The molecule has 0 spiro atoms. The van der Waals surface area contributed by atoms with Crippen molar-refractivity contribution < 1.29 is 0 Å². The summed E-state index contributed by atoms with van der Waals surface area (Å²) in [4.78, 5) is 0. The third-order valence-electron chi connectivity index (χ3n) is 6.70. The number of fused-ring (bicyclic) bond motifs is 9. The summed E-state index contributed by atoms with van der Waals surface area (Å²) in [5, 5.41) is 0. The van der Waals surface area contributed by atoms with Crippen molar-refractivity contribution in [2.45, 2.75) is 39.0 Å². The maximum absolute atomic E-state index is 6.04. The van der Waals surface area contributed by atoms with Crippen LogP contribution in [0.3, 0.4) is 0 Å². The Morgan fingerprint density at radius 2 is 1.80 bits per heavy atom. The van der Waals surface area contributed by atoms with E-state index >= 15 is 0 Å². The Morgan fingerprint density at radius 3 is 2.53 bits per heavy atom. The highest BCUT2D eigenvalue weighted by molar-refractivity contribution is 5.14. The Hall–Kier alpha value is -0.0400. The Labute approximate surface area is 92.8 Å². The molecule has 0 saturated heterocycles. The fourth-order valence-electron chi connectivity index (χ4n) is 6.27. The second-order valence-corrected chi connectivity index (χ2v) is 7.15. The maximum atomic E-state index is 6.04. The summed E-state index contributed by atoms with van der Waals surface area (Å²) in [6, 6.07) is 0. The van der Waals surface area contributed by atoms with Crippen LogP contribution in [0.15, 0.2) is 0 Å². The van der Waals surface area contributed by atoms with Gasteiger partial charge in [0.15, 0.2) is 0 Å². The first kappa shape index (κ1) is 9.04. The van der Waals surface area contributed by atoms with Crippen LogP contribution < -0.4 is 5.73 Å². The van der Waals surface area contributed by atoms with Crippen molar-refractivity contribution in [3.8, 4) is 0 Å². The van der Waals surface area contributed by atoms with Crippen LogP contribution in [0.5, 0.6) is 0 Å². The van der Waals surface area contributed by atoms with Crippen LogP contribution in [0.2, 0.25) is 0 Å². The fraction of sp³-hybridized carbons (Fsp3) is 1.00. The predicted molar refractivity (Wildman–Crippen MR) is 61.2 cm³/mol. The minimum absolute atomic E-state index is 0.524. The molecule has 84 valence electrons. The summed E-state index contributed by atoms with van der Waals surface area (Å²) in [6.07, 6.45) is 7.70. The van der Waals surface area contributed by atoms with Gasteiger partial charge in [0.05, 0.1) is 0 Å². The van der Waals surface area contributed by atoms with E-state index < -0.39 is 0 Å². The highest BCUT2D eigenvalue weighted by Crippen LogP contribution is 2.71. The van der Waals surface area contributed by atoms with E-state index in [1.807, 2.05) is 0 Å². The molecular weight excluding hydrogens is 182 g/mol. The highest BCUT2D eigenvalue weighted by atomic mass is 14.7. The molecule has 2 N–H and O–H groups in total. The van der Waals surface area contributed by atoms with Gasteiger partial charge in [-0.25, -0.2) is 0 Å². The van der Waals surface area contributed by atoms with Crippen molar-refractivity contribution in [3.63, 3.8) is 0 Å². The van der Waals surface area contributed by atoms with Gasteiger partial charge in [-0.2, -0.15) is 0 Å². The van der Waals surface area contributed by atoms with Crippen LogP contribution in [-0.2, 0) is 0 Å². The number of hydrogen-bond donors (Lipinski definition) is 1. The lowest BCUT2D eigenvalue weighted by Crippen LogP contribution is -2.42. The predicted octanol–water partition coefficient (Wildman–Crippen LogP) is 2.65. The molecular formula is C14H23N. The van der Waals surface area contributed by atoms with Gasteiger partial charge in [-0.1, -0.05) is 6.92 Å². The molecule has 1 heteroatoms. The van der Waals surface area contributed by atoms with Gasteiger partial charge in [0, 0.05) is 0 Å². The summed E-state index contributed by atoms with van der Waals surface area (Å²) in [6.45, 7) is 3.41. The average molecular weight is 205 g/mol. The van der Waals surface area contributed by atoms with E-state index in [9.17, 15) is 0 Å². The molecule has 0 aromatic carbocycles.